The molecule has 24 heavy (non-hydrogen) atoms. The Labute approximate surface area is 143 Å². The lowest BCUT2D eigenvalue weighted by molar-refractivity contribution is -0.126. The molecule has 1 aliphatic heterocycles. The second-order valence-corrected chi connectivity index (χ2v) is 6.20. The maximum atomic E-state index is 12.5. The Hall–Kier alpha value is -2.17. The van der Waals surface area contributed by atoms with E-state index in [1.54, 1.807) is 13.2 Å². The van der Waals surface area contributed by atoms with E-state index in [1.807, 2.05) is 23.1 Å². The molecule has 0 bridgehead atoms. The van der Waals surface area contributed by atoms with Crippen LogP contribution in [0.5, 0.6) is 17.2 Å². The van der Waals surface area contributed by atoms with Crippen LogP contribution < -0.4 is 14.2 Å². The van der Waals surface area contributed by atoms with E-state index >= 15 is 0 Å². The van der Waals surface area contributed by atoms with Crippen molar-refractivity contribution in [2.45, 2.75) is 38.6 Å². The van der Waals surface area contributed by atoms with Crippen molar-refractivity contribution < 1.29 is 19.0 Å². The molecule has 1 saturated carbocycles. The van der Waals surface area contributed by atoms with Crippen LogP contribution in [-0.2, 0) is 4.79 Å². The summed E-state index contributed by atoms with van der Waals surface area (Å²) in [4.78, 5) is 14.5. The zero-order valence-corrected chi connectivity index (χ0v) is 14.4. The van der Waals surface area contributed by atoms with Crippen LogP contribution in [0.15, 0.2) is 18.2 Å². The molecule has 1 aromatic rings. The quantitative estimate of drug-likeness (QED) is 0.720. The predicted molar refractivity (Wildman–Crippen MR) is 92.7 cm³/mol. The van der Waals surface area contributed by atoms with Crippen molar-refractivity contribution in [1.29, 1.82) is 0 Å². The summed E-state index contributed by atoms with van der Waals surface area (Å²) in [6, 6.07) is 4.18. The summed E-state index contributed by atoms with van der Waals surface area (Å²) in [5, 5.41) is 0. The summed E-state index contributed by atoms with van der Waals surface area (Å²) in [6.45, 7) is 4.03. The molecule has 1 aliphatic carbocycles. The third-order valence-corrected chi connectivity index (χ3v) is 4.29. The number of carbonyl (C=O) groups is 1. The van der Waals surface area contributed by atoms with Gasteiger partial charge in [0.2, 0.25) is 11.7 Å². The zero-order valence-electron chi connectivity index (χ0n) is 14.4. The number of fused-ring (bicyclic) bond motifs is 1. The molecule has 1 aromatic carbocycles. The molecule has 0 atom stereocenters. The van der Waals surface area contributed by atoms with Crippen molar-refractivity contribution in [2.24, 2.45) is 0 Å². The Kier molecular flexibility index (Phi) is 5.28. The zero-order chi connectivity index (χ0) is 16.9. The number of rotatable bonds is 7. The number of hydrogen-bond donors (Lipinski definition) is 0. The second kappa shape index (κ2) is 7.60. The van der Waals surface area contributed by atoms with Crippen molar-refractivity contribution in [3.8, 4) is 17.2 Å². The third-order valence-electron chi connectivity index (χ3n) is 4.29. The van der Waals surface area contributed by atoms with E-state index in [0.717, 1.165) is 37.8 Å². The van der Waals surface area contributed by atoms with Crippen LogP contribution in [-0.4, -0.2) is 43.7 Å². The maximum Gasteiger partial charge on any atom is 0.246 e. The topological polar surface area (TPSA) is 48.0 Å². The van der Waals surface area contributed by atoms with Crippen molar-refractivity contribution in [3.63, 3.8) is 0 Å². The lowest BCUT2D eigenvalue weighted by Gasteiger charge is -2.21. The minimum Gasteiger partial charge on any atom is -0.493 e. The second-order valence-electron chi connectivity index (χ2n) is 6.20. The third kappa shape index (κ3) is 3.83. The maximum absolute atomic E-state index is 12.5. The lowest BCUT2D eigenvalue weighted by Crippen LogP contribution is -2.32. The van der Waals surface area contributed by atoms with Gasteiger partial charge in [-0.2, -0.15) is 0 Å². The molecule has 3 rings (SSSR count). The van der Waals surface area contributed by atoms with Gasteiger partial charge in [-0.1, -0.05) is 13.3 Å². The van der Waals surface area contributed by atoms with E-state index in [1.165, 1.54) is 0 Å². The minimum absolute atomic E-state index is 0.0832. The van der Waals surface area contributed by atoms with Crippen LogP contribution in [0.3, 0.4) is 0 Å². The fourth-order valence-electron chi connectivity index (χ4n) is 2.84. The molecule has 0 radical (unpaired) electrons. The molecule has 0 spiro atoms. The Morgan fingerprint density at radius 1 is 1.33 bits per heavy atom. The van der Waals surface area contributed by atoms with Gasteiger partial charge < -0.3 is 19.1 Å². The van der Waals surface area contributed by atoms with Gasteiger partial charge in [0.05, 0.1) is 7.11 Å². The minimum atomic E-state index is 0.0832. The molecular weight excluding hydrogens is 306 g/mol. The van der Waals surface area contributed by atoms with E-state index in [0.29, 0.717) is 36.5 Å². The molecular formula is C19H25NO4. The van der Waals surface area contributed by atoms with E-state index in [9.17, 15) is 4.79 Å². The van der Waals surface area contributed by atoms with E-state index in [-0.39, 0.29) is 5.91 Å². The first-order chi connectivity index (χ1) is 11.7. The van der Waals surface area contributed by atoms with Gasteiger partial charge in [0, 0.05) is 18.7 Å². The molecule has 1 fully saturated rings. The highest BCUT2D eigenvalue weighted by atomic mass is 16.6. The molecule has 5 nitrogen and oxygen atoms in total. The largest absolute Gasteiger partial charge is 0.493 e. The van der Waals surface area contributed by atoms with Crippen LogP contribution in [0.2, 0.25) is 0 Å². The van der Waals surface area contributed by atoms with Crippen molar-refractivity contribution in [1.82, 2.24) is 4.90 Å². The Bertz CT molecular complexity index is 605. The Morgan fingerprint density at radius 3 is 2.83 bits per heavy atom. The van der Waals surface area contributed by atoms with Crippen molar-refractivity contribution in [3.05, 3.63) is 23.8 Å². The number of nitrogens with zero attached hydrogens (tertiary/aromatic N) is 1. The summed E-state index contributed by atoms with van der Waals surface area (Å²) in [7, 11) is 1.60. The van der Waals surface area contributed by atoms with Gasteiger partial charge in [-0.3, -0.25) is 4.79 Å². The number of amides is 1. The number of carbonyl (C=O) groups excluding carboxylic acids is 1. The highest BCUT2D eigenvalue weighted by Crippen LogP contribution is 2.40. The first kappa shape index (κ1) is 16.7. The number of ether oxygens (including phenoxy) is 3. The average Bonchev–Trinajstić information content (AvgIpc) is 3.44. The van der Waals surface area contributed by atoms with Gasteiger partial charge >= 0.3 is 0 Å². The smallest absolute Gasteiger partial charge is 0.246 e. The standard InChI is InChI=1S/C19H25NO4/c1-3-4-9-20(15-6-7-15)18(21)8-5-14-12-16(22-2)19-17(13-14)23-10-11-24-19/h5,8,12-13,15H,3-4,6-7,9-11H2,1-2H3. The molecule has 0 N–H and O–H groups in total. The van der Waals surface area contributed by atoms with Gasteiger partial charge in [-0.05, 0) is 43.0 Å². The molecule has 130 valence electrons. The molecule has 1 amide bonds. The van der Waals surface area contributed by atoms with Crippen LogP contribution in [0.4, 0.5) is 0 Å². The predicted octanol–water partition coefficient (Wildman–Crippen LogP) is 3.27. The number of benzene rings is 1. The average molecular weight is 331 g/mol. The van der Waals surface area contributed by atoms with Crippen LogP contribution >= 0.6 is 0 Å². The van der Waals surface area contributed by atoms with Crippen LogP contribution in [0, 0.1) is 0 Å². The first-order valence-electron chi connectivity index (χ1n) is 8.69. The highest BCUT2D eigenvalue weighted by molar-refractivity contribution is 5.92. The molecule has 5 heteroatoms. The monoisotopic (exact) mass is 331 g/mol. The van der Waals surface area contributed by atoms with Gasteiger partial charge in [0.1, 0.15) is 13.2 Å². The molecule has 0 unspecified atom stereocenters. The van der Waals surface area contributed by atoms with Crippen molar-refractivity contribution in [2.75, 3.05) is 26.9 Å². The number of hydrogen-bond acceptors (Lipinski definition) is 4. The van der Waals surface area contributed by atoms with Gasteiger partial charge in [0.15, 0.2) is 11.5 Å². The normalized spacial score (nSPS) is 16.2. The molecule has 0 aromatic heterocycles. The van der Waals surface area contributed by atoms with E-state index in [2.05, 4.69) is 6.92 Å². The van der Waals surface area contributed by atoms with Gasteiger partial charge in [0.25, 0.3) is 0 Å². The fourth-order valence-corrected chi connectivity index (χ4v) is 2.84. The molecule has 1 heterocycles. The summed E-state index contributed by atoms with van der Waals surface area (Å²) in [5.74, 6) is 2.01. The van der Waals surface area contributed by atoms with Crippen LogP contribution in [0.1, 0.15) is 38.2 Å². The SMILES string of the molecule is CCCCN(C(=O)C=Cc1cc(OC)c2c(c1)OCCO2)C1CC1. The summed E-state index contributed by atoms with van der Waals surface area (Å²) in [6.07, 6.45) is 7.87. The summed E-state index contributed by atoms with van der Waals surface area (Å²) >= 11 is 0. The number of methoxy groups -OCH3 is 1. The van der Waals surface area contributed by atoms with Gasteiger partial charge in [-0.25, -0.2) is 0 Å². The highest BCUT2D eigenvalue weighted by Gasteiger charge is 2.30. The summed E-state index contributed by atoms with van der Waals surface area (Å²) in [5.41, 5.74) is 0.871. The summed E-state index contributed by atoms with van der Waals surface area (Å²) < 4.78 is 16.6. The van der Waals surface area contributed by atoms with Gasteiger partial charge in [-0.15, -0.1) is 0 Å². The van der Waals surface area contributed by atoms with E-state index in [4.69, 9.17) is 14.2 Å². The Balaban J connectivity index is 1.74. The fraction of sp³-hybridized carbons (Fsp3) is 0.526. The van der Waals surface area contributed by atoms with Crippen LogP contribution in [0.25, 0.3) is 6.08 Å². The first-order valence-corrected chi connectivity index (χ1v) is 8.69. The molecule has 0 saturated heterocycles. The van der Waals surface area contributed by atoms with E-state index < -0.39 is 0 Å². The lowest BCUT2D eigenvalue weighted by atomic mass is 10.1. The number of unbranched alkanes of at least 4 members (excludes halogenated alkanes) is 1. The van der Waals surface area contributed by atoms with Crippen molar-refractivity contribution >= 4 is 12.0 Å². The molecule has 2 aliphatic rings. The Morgan fingerprint density at radius 2 is 2.12 bits per heavy atom.